The van der Waals surface area contributed by atoms with Crippen molar-refractivity contribution in [1.82, 2.24) is 4.31 Å². The van der Waals surface area contributed by atoms with Crippen molar-refractivity contribution in [3.05, 3.63) is 45.8 Å². The van der Waals surface area contributed by atoms with Crippen molar-refractivity contribution in [2.24, 2.45) is 5.92 Å². The van der Waals surface area contributed by atoms with Gasteiger partial charge in [0.2, 0.25) is 10.0 Å². The molecule has 2 aliphatic rings. The first-order valence-electron chi connectivity index (χ1n) is 11.0. The lowest BCUT2D eigenvalue weighted by Gasteiger charge is -2.29. The van der Waals surface area contributed by atoms with Crippen LogP contribution in [0, 0.1) is 5.92 Å². The van der Waals surface area contributed by atoms with Crippen LogP contribution in [0.3, 0.4) is 0 Å². The highest BCUT2D eigenvalue weighted by Crippen LogP contribution is 2.39. The zero-order chi connectivity index (χ0) is 22.9. The molecule has 9 heteroatoms. The molecule has 0 spiro atoms. The molecule has 4 rings (SSSR count). The van der Waals surface area contributed by atoms with Crippen LogP contribution in [0.4, 0.5) is 5.00 Å². The van der Waals surface area contributed by atoms with Gasteiger partial charge in [0.25, 0.3) is 5.91 Å². The van der Waals surface area contributed by atoms with Gasteiger partial charge in [-0.05, 0) is 74.8 Å². The van der Waals surface area contributed by atoms with E-state index in [9.17, 15) is 18.0 Å². The molecule has 1 aromatic carbocycles. The van der Waals surface area contributed by atoms with E-state index >= 15 is 0 Å². The topological polar surface area (TPSA) is 92.8 Å². The number of nitrogens with one attached hydrogen (secondary N) is 1. The van der Waals surface area contributed by atoms with Crippen LogP contribution in [0.15, 0.2) is 29.2 Å². The quantitative estimate of drug-likeness (QED) is 0.634. The summed E-state index contributed by atoms with van der Waals surface area (Å²) in [6, 6.07) is 5.98. The van der Waals surface area contributed by atoms with Gasteiger partial charge in [0.05, 0.1) is 17.1 Å². The summed E-state index contributed by atoms with van der Waals surface area (Å²) in [4.78, 5) is 26.6. The molecule has 1 aromatic heterocycles. The molecular weight excluding hydrogens is 448 g/mol. The van der Waals surface area contributed by atoms with Crippen molar-refractivity contribution >= 4 is 38.2 Å². The minimum atomic E-state index is -3.57. The number of carbonyl (C=O) groups excluding carboxylic acids is 2. The standard InChI is InChI=1S/C23H28N2O5S2/c1-3-30-23(27)20-18-5-4-6-19(18)31-22(20)24-21(26)16-7-9-17(10-8-16)32(28,29)25-13-11-15(2)12-14-25/h7-10,15H,3-6,11-14H2,1-2H3,(H,24,26). The summed E-state index contributed by atoms with van der Waals surface area (Å²) in [7, 11) is -3.57. The molecule has 0 radical (unpaired) electrons. The number of rotatable bonds is 6. The fourth-order valence-corrected chi connectivity index (χ4v) is 6.98. The normalized spacial score (nSPS) is 17.2. The summed E-state index contributed by atoms with van der Waals surface area (Å²) in [6.45, 7) is 5.19. The molecule has 0 saturated carbocycles. The summed E-state index contributed by atoms with van der Waals surface area (Å²) in [6.07, 6.45) is 4.40. The van der Waals surface area contributed by atoms with Crippen molar-refractivity contribution < 1.29 is 22.7 Å². The Morgan fingerprint density at radius 2 is 1.84 bits per heavy atom. The van der Waals surface area contributed by atoms with Crippen molar-refractivity contribution in [3.63, 3.8) is 0 Å². The average molecular weight is 477 g/mol. The van der Waals surface area contributed by atoms with E-state index in [4.69, 9.17) is 4.74 Å². The number of fused-ring (bicyclic) bond motifs is 1. The molecular formula is C23H28N2O5S2. The van der Waals surface area contributed by atoms with Crippen molar-refractivity contribution in [3.8, 4) is 0 Å². The number of piperidine rings is 1. The van der Waals surface area contributed by atoms with Gasteiger partial charge in [-0.15, -0.1) is 11.3 Å². The Kier molecular flexibility index (Phi) is 6.69. The van der Waals surface area contributed by atoms with E-state index in [1.165, 1.54) is 39.9 Å². The molecule has 2 aromatic rings. The molecule has 1 aliphatic carbocycles. The van der Waals surface area contributed by atoms with Gasteiger partial charge in [0.1, 0.15) is 5.00 Å². The first-order chi connectivity index (χ1) is 15.3. The smallest absolute Gasteiger partial charge is 0.341 e. The van der Waals surface area contributed by atoms with Crippen LogP contribution in [-0.2, 0) is 27.6 Å². The van der Waals surface area contributed by atoms with E-state index in [-0.39, 0.29) is 17.4 Å². The minimum Gasteiger partial charge on any atom is -0.462 e. The highest BCUT2D eigenvalue weighted by atomic mass is 32.2. The Hall–Kier alpha value is -2.23. The van der Waals surface area contributed by atoms with Crippen molar-refractivity contribution in [1.29, 1.82) is 0 Å². The summed E-state index contributed by atoms with van der Waals surface area (Å²) >= 11 is 1.42. The van der Waals surface area contributed by atoms with Crippen LogP contribution in [0.1, 0.15) is 64.3 Å². The van der Waals surface area contributed by atoms with Gasteiger partial charge in [-0.3, -0.25) is 4.79 Å². The lowest BCUT2D eigenvalue weighted by atomic mass is 10.0. The number of nitrogens with zero attached hydrogens (tertiary/aromatic N) is 1. The Bertz CT molecular complexity index is 1110. The third-order valence-corrected chi connectivity index (χ3v) is 9.24. The van der Waals surface area contributed by atoms with Gasteiger partial charge in [-0.1, -0.05) is 6.92 Å². The second-order valence-corrected chi connectivity index (χ2v) is 11.4. The first kappa shape index (κ1) is 22.9. The van der Waals surface area contributed by atoms with E-state index in [2.05, 4.69) is 12.2 Å². The number of thiophene rings is 1. The molecule has 1 saturated heterocycles. The Balaban J connectivity index is 1.51. The van der Waals surface area contributed by atoms with Gasteiger partial charge in [0.15, 0.2) is 0 Å². The average Bonchev–Trinajstić information content (AvgIpc) is 3.35. The number of amides is 1. The fraction of sp³-hybridized carbons (Fsp3) is 0.478. The molecule has 2 heterocycles. The van der Waals surface area contributed by atoms with Gasteiger partial charge < -0.3 is 10.1 Å². The van der Waals surface area contributed by atoms with E-state index in [1.54, 1.807) is 6.92 Å². The van der Waals surface area contributed by atoms with Crippen LogP contribution >= 0.6 is 11.3 Å². The lowest BCUT2D eigenvalue weighted by Crippen LogP contribution is -2.37. The predicted octanol–water partition coefficient (Wildman–Crippen LogP) is 4.09. The van der Waals surface area contributed by atoms with Crippen LogP contribution in [-0.4, -0.2) is 44.3 Å². The second kappa shape index (κ2) is 9.33. The monoisotopic (exact) mass is 476 g/mol. The number of carbonyl (C=O) groups is 2. The van der Waals surface area contributed by atoms with Crippen LogP contribution in [0.5, 0.6) is 0 Å². The van der Waals surface area contributed by atoms with Crippen LogP contribution in [0.25, 0.3) is 0 Å². The molecule has 172 valence electrons. The number of hydrogen-bond donors (Lipinski definition) is 1. The van der Waals surface area contributed by atoms with Gasteiger partial charge in [-0.2, -0.15) is 4.31 Å². The van der Waals surface area contributed by atoms with Crippen molar-refractivity contribution in [2.75, 3.05) is 25.0 Å². The molecule has 1 aliphatic heterocycles. The SMILES string of the molecule is CCOC(=O)c1c(NC(=O)c2ccc(S(=O)(=O)N3CCC(C)CC3)cc2)sc2c1CCC2. The van der Waals surface area contributed by atoms with Gasteiger partial charge in [0, 0.05) is 23.5 Å². The lowest BCUT2D eigenvalue weighted by molar-refractivity contribution is 0.0527. The Morgan fingerprint density at radius 3 is 2.50 bits per heavy atom. The maximum Gasteiger partial charge on any atom is 0.341 e. The van der Waals surface area contributed by atoms with Gasteiger partial charge >= 0.3 is 5.97 Å². The highest BCUT2D eigenvalue weighted by Gasteiger charge is 2.30. The number of sulfonamides is 1. The van der Waals surface area contributed by atoms with E-state index in [0.29, 0.717) is 35.1 Å². The summed E-state index contributed by atoms with van der Waals surface area (Å²) < 4.78 is 32.5. The predicted molar refractivity (Wildman–Crippen MR) is 124 cm³/mol. The molecule has 0 bridgehead atoms. The molecule has 32 heavy (non-hydrogen) atoms. The first-order valence-corrected chi connectivity index (χ1v) is 13.3. The van der Waals surface area contributed by atoms with Crippen LogP contribution < -0.4 is 5.32 Å². The number of benzene rings is 1. The summed E-state index contributed by atoms with van der Waals surface area (Å²) in [5.41, 5.74) is 1.76. The van der Waals surface area contributed by atoms with Crippen LogP contribution in [0.2, 0.25) is 0 Å². The van der Waals surface area contributed by atoms with E-state index < -0.39 is 16.0 Å². The molecule has 1 fully saturated rings. The Labute approximate surface area is 192 Å². The van der Waals surface area contributed by atoms with E-state index in [1.807, 2.05) is 0 Å². The second-order valence-electron chi connectivity index (χ2n) is 8.35. The number of aryl methyl sites for hydroxylation is 1. The molecule has 1 N–H and O–H groups in total. The Morgan fingerprint density at radius 1 is 1.16 bits per heavy atom. The largest absolute Gasteiger partial charge is 0.462 e. The maximum absolute atomic E-state index is 12.9. The molecule has 0 atom stereocenters. The fourth-order valence-electron chi connectivity index (χ4n) is 4.24. The molecule has 0 unspecified atom stereocenters. The molecule has 7 nitrogen and oxygen atoms in total. The zero-order valence-electron chi connectivity index (χ0n) is 18.3. The minimum absolute atomic E-state index is 0.186. The summed E-state index contributed by atoms with van der Waals surface area (Å²) in [5, 5.41) is 3.34. The third kappa shape index (κ3) is 4.46. The molecule has 1 amide bonds. The highest BCUT2D eigenvalue weighted by molar-refractivity contribution is 7.89. The van der Waals surface area contributed by atoms with Crippen molar-refractivity contribution in [2.45, 2.75) is 50.8 Å². The number of anilines is 1. The zero-order valence-corrected chi connectivity index (χ0v) is 20.0. The van der Waals surface area contributed by atoms with Gasteiger partial charge in [-0.25, -0.2) is 13.2 Å². The number of hydrogen-bond acceptors (Lipinski definition) is 6. The number of esters is 1. The maximum atomic E-state index is 12.9. The van der Waals surface area contributed by atoms with E-state index in [0.717, 1.165) is 42.5 Å². The third-order valence-electron chi connectivity index (χ3n) is 6.12. The summed E-state index contributed by atoms with van der Waals surface area (Å²) in [5.74, 6) is -0.267. The number of ether oxygens (including phenoxy) is 1.